The Balaban J connectivity index is 0.000000233. The van der Waals surface area contributed by atoms with E-state index in [1.54, 1.807) is 0 Å². The van der Waals surface area contributed by atoms with Gasteiger partial charge in [0.15, 0.2) is 4.98 Å². The lowest BCUT2D eigenvalue weighted by Crippen LogP contribution is -2.02. The molecule has 0 radical (unpaired) electrons. The third-order valence-corrected chi connectivity index (χ3v) is 5.68. The highest BCUT2D eigenvalue weighted by molar-refractivity contribution is 7.86. The Kier molecular flexibility index (Phi) is 6.88. The average Bonchev–Trinajstić information content (AvgIpc) is 2.71. The second-order valence-electron chi connectivity index (χ2n) is 5.75. The molecule has 0 atom stereocenters. The SMILES string of the molecule is COc1cc([N+](=O)[O-])ccc1[N+]#N.O=S(=O)([O-])c1cccc2c(S(=O)(=O)O)cccc12. The monoisotopic (exact) mass is 467 g/mol. The topological polar surface area (TPSA) is 192 Å². The van der Waals surface area contributed by atoms with Crippen LogP contribution in [0.3, 0.4) is 0 Å². The molecular formula is C17H13N3O9S2. The van der Waals surface area contributed by atoms with Gasteiger partial charge >= 0.3 is 5.69 Å². The fourth-order valence-corrected chi connectivity index (χ4v) is 3.96. The molecule has 12 nitrogen and oxygen atoms in total. The van der Waals surface area contributed by atoms with Crippen molar-refractivity contribution < 1.29 is 35.6 Å². The Morgan fingerprint density at radius 1 is 1.00 bits per heavy atom. The summed E-state index contributed by atoms with van der Waals surface area (Å²) < 4.78 is 69.2. The lowest BCUT2D eigenvalue weighted by Gasteiger charge is -2.11. The van der Waals surface area contributed by atoms with Crippen LogP contribution in [0, 0.1) is 15.5 Å². The number of diazo groups is 1. The maximum absolute atomic E-state index is 11.1. The molecule has 0 saturated carbocycles. The molecule has 31 heavy (non-hydrogen) atoms. The van der Waals surface area contributed by atoms with Crippen LogP contribution < -0.4 is 4.74 Å². The molecule has 3 aromatic rings. The number of hydrogen-bond donors (Lipinski definition) is 1. The number of methoxy groups -OCH3 is 1. The van der Waals surface area contributed by atoms with E-state index in [0.29, 0.717) is 0 Å². The maximum Gasteiger partial charge on any atom is 0.426 e. The van der Waals surface area contributed by atoms with Crippen molar-refractivity contribution in [2.45, 2.75) is 9.79 Å². The van der Waals surface area contributed by atoms with E-state index in [4.69, 9.17) is 14.7 Å². The summed E-state index contributed by atoms with van der Waals surface area (Å²) in [6.07, 6.45) is 0. The largest absolute Gasteiger partial charge is 0.744 e. The van der Waals surface area contributed by atoms with Crippen molar-refractivity contribution >= 4 is 42.4 Å². The van der Waals surface area contributed by atoms with Gasteiger partial charge in [-0.25, -0.2) is 8.42 Å². The molecule has 0 saturated heterocycles. The molecule has 0 heterocycles. The number of nitrogens with zero attached hydrogens (tertiary/aromatic N) is 3. The first-order valence-corrected chi connectivity index (χ1v) is 10.9. The van der Waals surface area contributed by atoms with E-state index in [2.05, 4.69) is 4.98 Å². The summed E-state index contributed by atoms with van der Waals surface area (Å²) >= 11 is 0. The Hall–Kier alpha value is -3.64. The van der Waals surface area contributed by atoms with E-state index in [0.717, 1.165) is 12.1 Å². The van der Waals surface area contributed by atoms with E-state index in [1.165, 1.54) is 49.6 Å². The molecule has 3 rings (SSSR count). The van der Waals surface area contributed by atoms with Crippen molar-refractivity contribution in [2.24, 2.45) is 0 Å². The first kappa shape index (κ1) is 23.6. The number of hydrogen-bond acceptors (Lipinski definition) is 9. The second-order valence-corrected chi connectivity index (χ2v) is 8.49. The third-order valence-electron chi connectivity index (χ3n) is 3.87. The van der Waals surface area contributed by atoms with Gasteiger partial charge in [0.05, 0.1) is 23.0 Å². The van der Waals surface area contributed by atoms with Crippen LogP contribution in [0.5, 0.6) is 5.75 Å². The highest BCUT2D eigenvalue weighted by Gasteiger charge is 2.19. The maximum atomic E-state index is 11.1. The molecule has 3 aromatic carbocycles. The van der Waals surface area contributed by atoms with E-state index in [1.807, 2.05) is 0 Å². The molecular weight excluding hydrogens is 454 g/mol. The summed E-state index contributed by atoms with van der Waals surface area (Å²) in [5.74, 6) is 0.164. The Morgan fingerprint density at radius 2 is 1.55 bits per heavy atom. The van der Waals surface area contributed by atoms with Crippen molar-refractivity contribution in [3.63, 3.8) is 0 Å². The summed E-state index contributed by atoms with van der Waals surface area (Å²) in [6.45, 7) is 0. The molecule has 0 amide bonds. The lowest BCUT2D eigenvalue weighted by molar-refractivity contribution is -0.384. The standard InChI is InChI=1S/C10H8O6S2.C7H6N3O3/c11-17(12,13)9-5-1-3-7-8(9)4-2-6-10(7)18(14,15)16;1-13-7-4-5(10(11)12)2-3-6(7)9-8/h1-6H,(H,11,12,13)(H,14,15,16);2-4H,1H3/q;+1/p-1. The van der Waals surface area contributed by atoms with Gasteiger partial charge < -0.3 is 9.29 Å². The fraction of sp³-hybridized carbons (Fsp3) is 0.0588. The fourth-order valence-electron chi connectivity index (χ4n) is 2.56. The normalized spacial score (nSPS) is 11.2. The molecule has 1 N–H and O–H groups in total. The minimum atomic E-state index is -4.72. The Bertz CT molecular complexity index is 1340. The van der Waals surface area contributed by atoms with Crippen molar-refractivity contribution in [3.8, 4) is 5.75 Å². The number of ether oxygens (including phenoxy) is 1. The van der Waals surface area contributed by atoms with Crippen LogP contribution in [0.25, 0.3) is 15.7 Å². The quantitative estimate of drug-likeness (QED) is 0.258. The van der Waals surface area contributed by atoms with Gasteiger partial charge in [0.2, 0.25) is 11.1 Å². The minimum absolute atomic E-state index is 0.0167. The van der Waals surface area contributed by atoms with Gasteiger partial charge in [-0.3, -0.25) is 14.7 Å². The molecule has 0 spiro atoms. The van der Waals surface area contributed by atoms with Crippen molar-refractivity contribution in [1.82, 2.24) is 0 Å². The number of fused-ring (bicyclic) bond motifs is 1. The van der Waals surface area contributed by atoms with Gasteiger partial charge in [-0.1, -0.05) is 24.3 Å². The number of non-ortho nitro benzene ring substituents is 1. The molecule has 0 bridgehead atoms. The zero-order valence-electron chi connectivity index (χ0n) is 15.6. The van der Waals surface area contributed by atoms with Crippen molar-refractivity contribution in [2.75, 3.05) is 7.11 Å². The van der Waals surface area contributed by atoms with Crippen LogP contribution in [0.4, 0.5) is 11.4 Å². The summed E-state index contributed by atoms with van der Waals surface area (Å²) in [5, 5.41) is 18.7. The van der Waals surface area contributed by atoms with Gasteiger partial charge in [0, 0.05) is 22.9 Å². The molecule has 0 fully saturated rings. The summed E-state index contributed by atoms with van der Waals surface area (Å²) in [7, 11) is -7.87. The number of rotatable bonds is 4. The first-order valence-electron chi connectivity index (χ1n) is 8.02. The molecule has 14 heteroatoms. The highest BCUT2D eigenvalue weighted by Crippen LogP contribution is 2.31. The smallest absolute Gasteiger partial charge is 0.426 e. The van der Waals surface area contributed by atoms with Gasteiger partial charge in [-0.05, 0) is 12.1 Å². The number of nitro benzene ring substituents is 1. The van der Waals surface area contributed by atoms with E-state index < -0.39 is 35.0 Å². The van der Waals surface area contributed by atoms with E-state index >= 15 is 0 Å². The molecule has 162 valence electrons. The van der Waals surface area contributed by atoms with Crippen LogP contribution >= 0.6 is 0 Å². The Morgan fingerprint density at radius 3 is 2.00 bits per heavy atom. The second kappa shape index (κ2) is 9.02. The van der Waals surface area contributed by atoms with Crippen molar-refractivity contribution in [1.29, 1.82) is 5.39 Å². The predicted molar refractivity (Wildman–Crippen MR) is 106 cm³/mol. The van der Waals surface area contributed by atoms with Gasteiger partial charge in [-0.15, -0.1) is 0 Å². The average molecular weight is 467 g/mol. The van der Waals surface area contributed by atoms with Crippen LogP contribution in [-0.4, -0.2) is 38.0 Å². The minimum Gasteiger partial charge on any atom is -0.744 e. The zero-order valence-corrected chi connectivity index (χ0v) is 17.2. The van der Waals surface area contributed by atoms with Crippen LogP contribution in [0.2, 0.25) is 0 Å². The highest BCUT2D eigenvalue weighted by atomic mass is 32.2. The predicted octanol–water partition coefficient (Wildman–Crippen LogP) is 3.08. The van der Waals surface area contributed by atoms with Gasteiger partial charge in [0.1, 0.15) is 15.0 Å². The van der Waals surface area contributed by atoms with Crippen LogP contribution in [0.15, 0.2) is 64.4 Å². The number of benzene rings is 3. The molecule has 0 aliphatic rings. The Labute approximate surface area is 176 Å². The molecule has 0 aromatic heterocycles. The molecule has 0 aliphatic heterocycles. The van der Waals surface area contributed by atoms with Gasteiger partial charge in [-0.2, -0.15) is 8.42 Å². The molecule has 0 aliphatic carbocycles. The summed E-state index contributed by atoms with van der Waals surface area (Å²) in [6, 6.07) is 11.0. The summed E-state index contributed by atoms with van der Waals surface area (Å²) in [5.41, 5.74) is 0.0531. The van der Waals surface area contributed by atoms with E-state index in [9.17, 15) is 31.5 Å². The zero-order chi connectivity index (χ0) is 23.4. The van der Waals surface area contributed by atoms with Crippen molar-refractivity contribution in [3.05, 3.63) is 69.7 Å². The summed E-state index contributed by atoms with van der Waals surface area (Å²) in [4.78, 5) is 11.7. The lowest BCUT2D eigenvalue weighted by atomic mass is 10.1. The number of nitro groups is 1. The first-order chi connectivity index (χ1) is 14.4. The third kappa shape index (κ3) is 5.49. The molecule has 0 unspecified atom stereocenters. The van der Waals surface area contributed by atoms with E-state index in [-0.39, 0.29) is 27.9 Å². The van der Waals surface area contributed by atoms with Crippen LogP contribution in [-0.2, 0) is 20.2 Å². The van der Waals surface area contributed by atoms with Crippen LogP contribution in [0.1, 0.15) is 0 Å². The van der Waals surface area contributed by atoms with Gasteiger partial charge in [0.25, 0.3) is 15.8 Å².